The molecule has 0 radical (unpaired) electrons. The molecular formula is C24H23BrN2O2S. The second-order valence-corrected chi connectivity index (χ2v) is 8.75. The number of hydrogen-bond acceptors (Lipinski definition) is 3. The molecule has 0 aliphatic rings. The van der Waals surface area contributed by atoms with Gasteiger partial charge in [-0.1, -0.05) is 64.5 Å². The quantitative estimate of drug-likeness (QED) is 0.384. The van der Waals surface area contributed by atoms with Gasteiger partial charge in [-0.3, -0.25) is 9.59 Å². The molecule has 1 heterocycles. The van der Waals surface area contributed by atoms with E-state index < -0.39 is 0 Å². The maximum absolute atomic E-state index is 13.3. The van der Waals surface area contributed by atoms with Crippen LogP contribution < -0.4 is 0 Å². The largest absolute Gasteiger partial charge is 0.332 e. The number of halogens is 1. The zero-order chi connectivity index (χ0) is 21.3. The molecule has 0 saturated heterocycles. The predicted molar refractivity (Wildman–Crippen MR) is 125 cm³/mol. The van der Waals surface area contributed by atoms with Crippen molar-refractivity contribution >= 4 is 39.1 Å². The molecule has 0 atom stereocenters. The highest BCUT2D eigenvalue weighted by atomic mass is 79.9. The number of rotatable bonds is 9. The Morgan fingerprint density at radius 3 is 2.43 bits per heavy atom. The van der Waals surface area contributed by atoms with Crippen LogP contribution in [0.25, 0.3) is 0 Å². The molecule has 30 heavy (non-hydrogen) atoms. The van der Waals surface area contributed by atoms with Crippen molar-refractivity contribution in [2.45, 2.75) is 13.1 Å². The normalized spacial score (nSPS) is 10.4. The van der Waals surface area contributed by atoms with Crippen LogP contribution >= 0.6 is 27.3 Å². The van der Waals surface area contributed by atoms with Crippen molar-refractivity contribution in [3.8, 4) is 0 Å². The smallest absolute Gasteiger partial charge is 0.254 e. The molecule has 0 aliphatic heterocycles. The van der Waals surface area contributed by atoms with Crippen LogP contribution in [0.2, 0.25) is 0 Å². The first kappa shape index (κ1) is 22.0. The Morgan fingerprint density at radius 2 is 1.77 bits per heavy atom. The van der Waals surface area contributed by atoms with Crippen LogP contribution in [0.4, 0.5) is 0 Å². The van der Waals surface area contributed by atoms with Gasteiger partial charge in [-0.2, -0.15) is 0 Å². The van der Waals surface area contributed by atoms with E-state index in [4.69, 9.17) is 0 Å². The van der Waals surface area contributed by atoms with Crippen LogP contribution in [0.5, 0.6) is 0 Å². The van der Waals surface area contributed by atoms with Crippen molar-refractivity contribution in [3.63, 3.8) is 0 Å². The van der Waals surface area contributed by atoms with E-state index in [-0.39, 0.29) is 18.4 Å². The summed E-state index contributed by atoms with van der Waals surface area (Å²) >= 11 is 5.02. The summed E-state index contributed by atoms with van der Waals surface area (Å²) in [6.45, 7) is 5.05. The Labute approximate surface area is 189 Å². The number of hydrogen-bond donors (Lipinski definition) is 0. The molecule has 3 rings (SSSR count). The Bertz CT molecular complexity index is 989. The van der Waals surface area contributed by atoms with Crippen molar-refractivity contribution in [1.82, 2.24) is 9.80 Å². The van der Waals surface area contributed by atoms with Crippen molar-refractivity contribution in [2.24, 2.45) is 0 Å². The molecule has 0 aliphatic carbocycles. The molecule has 0 saturated carbocycles. The average molecular weight is 483 g/mol. The summed E-state index contributed by atoms with van der Waals surface area (Å²) in [6.07, 6.45) is 1.64. The van der Waals surface area contributed by atoms with Crippen LogP contribution in [-0.2, 0) is 17.9 Å². The minimum absolute atomic E-state index is 0.00439. The van der Waals surface area contributed by atoms with E-state index in [9.17, 15) is 9.59 Å². The lowest BCUT2D eigenvalue weighted by molar-refractivity contribution is -0.133. The van der Waals surface area contributed by atoms with E-state index in [1.807, 2.05) is 60.0 Å². The van der Waals surface area contributed by atoms with Crippen molar-refractivity contribution < 1.29 is 9.59 Å². The first-order valence-electron chi connectivity index (χ1n) is 9.56. The number of thiophene rings is 1. The molecule has 6 heteroatoms. The van der Waals surface area contributed by atoms with Gasteiger partial charge in [0.1, 0.15) is 6.54 Å². The van der Waals surface area contributed by atoms with Gasteiger partial charge in [-0.15, -0.1) is 17.9 Å². The molecule has 0 N–H and O–H groups in total. The zero-order valence-corrected chi connectivity index (χ0v) is 18.9. The van der Waals surface area contributed by atoms with Crippen LogP contribution in [0.15, 0.2) is 89.2 Å². The summed E-state index contributed by atoms with van der Waals surface area (Å²) in [4.78, 5) is 30.7. The van der Waals surface area contributed by atoms with Crippen LogP contribution in [0.3, 0.4) is 0 Å². The summed E-state index contributed by atoms with van der Waals surface area (Å²) in [5.41, 5.74) is 1.59. The number of benzene rings is 2. The Hall–Kier alpha value is -2.70. The fourth-order valence-electron chi connectivity index (χ4n) is 3.07. The first-order chi connectivity index (χ1) is 14.6. The van der Waals surface area contributed by atoms with E-state index in [0.29, 0.717) is 25.2 Å². The second kappa shape index (κ2) is 10.9. The second-order valence-electron chi connectivity index (χ2n) is 6.80. The topological polar surface area (TPSA) is 40.6 Å². The van der Waals surface area contributed by atoms with Gasteiger partial charge in [-0.05, 0) is 35.2 Å². The summed E-state index contributed by atoms with van der Waals surface area (Å²) in [6, 6.07) is 21.1. The van der Waals surface area contributed by atoms with Crippen LogP contribution in [0, 0.1) is 0 Å². The van der Waals surface area contributed by atoms with E-state index in [1.54, 1.807) is 34.4 Å². The maximum atomic E-state index is 13.3. The van der Waals surface area contributed by atoms with Crippen LogP contribution in [0.1, 0.15) is 20.8 Å². The fourth-order valence-corrected chi connectivity index (χ4v) is 4.19. The van der Waals surface area contributed by atoms with Gasteiger partial charge in [0.05, 0.1) is 6.54 Å². The van der Waals surface area contributed by atoms with E-state index in [2.05, 4.69) is 22.5 Å². The minimum Gasteiger partial charge on any atom is -0.332 e. The third-order valence-electron chi connectivity index (χ3n) is 4.53. The summed E-state index contributed by atoms with van der Waals surface area (Å²) < 4.78 is 0.821. The Balaban J connectivity index is 1.78. The van der Waals surface area contributed by atoms with Crippen LogP contribution in [-0.4, -0.2) is 34.7 Å². The molecule has 3 aromatic rings. The minimum atomic E-state index is -0.194. The van der Waals surface area contributed by atoms with E-state index in [1.165, 1.54) is 4.90 Å². The lowest BCUT2D eigenvalue weighted by Crippen LogP contribution is -2.42. The van der Waals surface area contributed by atoms with Gasteiger partial charge in [0.15, 0.2) is 0 Å². The number of nitrogens with zero attached hydrogens (tertiary/aromatic N) is 2. The van der Waals surface area contributed by atoms with Gasteiger partial charge in [0, 0.05) is 28.0 Å². The predicted octanol–water partition coefficient (Wildman–Crippen LogP) is 5.37. The zero-order valence-electron chi connectivity index (χ0n) is 16.5. The molecule has 2 amide bonds. The monoisotopic (exact) mass is 482 g/mol. The molecule has 1 aromatic heterocycles. The highest BCUT2D eigenvalue weighted by Gasteiger charge is 2.22. The third-order valence-corrected chi connectivity index (χ3v) is 5.88. The van der Waals surface area contributed by atoms with Crippen molar-refractivity contribution in [2.75, 3.05) is 13.1 Å². The van der Waals surface area contributed by atoms with Gasteiger partial charge >= 0.3 is 0 Å². The standard InChI is InChI=1S/C24H23BrN2O2S/c1-2-13-26(24(29)20-10-6-11-21(25)15-20)18-23(28)27(17-22-12-7-14-30-22)16-19-8-4-3-5-9-19/h2-12,14-15H,1,13,16-18H2. The SMILES string of the molecule is C=CCN(CC(=O)N(Cc1ccccc1)Cc1cccs1)C(=O)c1cccc(Br)c1. The maximum Gasteiger partial charge on any atom is 0.254 e. The molecule has 0 fully saturated rings. The molecule has 0 bridgehead atoms. The van der Waals surface area contributed by atoms with E-state index >= 15 is 0 Å². The van der Waals surface area contributed by atoms with Crippen molar-refractivity contribution in [3.05, 3.63) is 105 Å². The molecule has 2 aromatic carbocycles. The Morgan fingerprint density at radius 1 is 0.967 bits per heavy atom. The summed E-state index contributed by atoms with van der Waals surface area (Å²) in [7, 11) is 0. The molecule has 0 unspecified atom stereocenters. The molecule has 154 valence electrons. The highest BCUT2D eigenvalue weighted by Crippen LogP contribution is 2.17. The average Bonchev–Trinajstić information content (AvgIpc) is 3.26. The third kappa shape index (κ3) is 6.15. The Kier molecular flexibility index (Phi) is 7.99. The number of carbonyl (C=O) groups is 2. The van der Waals surface area contributed by atoms with E-state index in [0.717, 1.165) is 14.9 Å². The summed E-state index contributed by atoms with van der Waals surface area (Å²) in [5, 5.41) is 2.00. The van der Waals surface area contributed by atoms with Gasteiger partial charge in [0.25, 0.3) is 5.91 Å². The number of carbonyl (C=O) groups excluding carboxylic acids is 2. The molecule has 0 spiro atoms. The highest BCUT2D eigenvalue weighted by molar-refractivity contribution is 9.10. The first-order valence-corrected chi connectivity index (χ1v) is 11.2. The molecule has 4 nitrogen and oxygen atoms in total. The van der Waals surface area contributed by atoms with Gasteiger partial charge < -0.3 is 9.80 Å². The lowest BCUT2D eigenvalue weighted by Gasteiger charge is -2.27. The van der Waals surface area contributed by atoms with Crippen molar-refractivity contribution in [1.29, 1.82) is 0 Å². The number of amides is 2. The molecular weight excluding hydrogens is 460 g/mol. The lowest BCUT2D eigenvalue weighted by atomic mass is 10.2. The van der Waals surface area contributed by atoms with Gasteiger partial charge in [-0.25, -0.2) is 0 Å². The summed E-state index contributed by atoms with van der Waals surface area (Å²) in [5.74, 6) is -0.294. The van der Waals surface area contributed by atoms with Gasteiger partial charge in [0.2, 0.25) is 5.91 Å². The fraction of sp³-hybridized carbons (Fsp3) is 0.167.